The quantitative estimate of drug-likeness (QED) is 0.548. The molecule has 0 aliphatic carbocycles. The van der Waals surface area contributed by atoms with Gasteiger partial charge in [-0.05, 0) is 42.7 Å². The predicted molar refractivity (Wildman–Crippen MR) is 113 cm³/mol. The second-order valence-electron chi connectivity index (χ2n) is 6.66. The Bertz CT molecular complexity index is 990. The van der Waals surface area contributed by atoms with Crippen LogP contribution in [0.5, 0.6) is 11.5 Å². The van der Waals surface area contributed by atoms with Crippen LogP contribution >= 0.6 is 11.8 Å². The van der Waals surface area contributed by atoms with Crippen LogP contribution in [0.15, 0.2) is 48.5 Å². The van der Waals surface area contributed by atoms with Gasteiger partial charge in [0.25, 0.3) is 11.8 Å². The third-order valence-corrected chi connectivity index (χ3v) is 4.91. The number of halogens is 2. The van der Waals surface area contributed by atoms with Crippen molar-refractivity contribution in [1.82, 2.24) is 5.32 Å². The topological polar surface area (TPSA) is 103 Å². The molecule has 1 aliphatic heterocycles. The average Bonchev–Trinajstić information content (AvgIpc) is 3.08. The van der Waals surface area contributed by atoms with E-state index >= 15 is 0 Å². The maximum Gasteiger partial charge on any atom is 0.586 e. The van der Waals surface area contributed by atoms with Crippen LogP contribution in [0.3, 0.4) is 0 Å². The van der Waals surface area contributed by atoms with E-state index in [1.807, 2.05) is 6.26 Å². The zero-order valence-corrected chi connectivity index (χ0v) is 17.7. The van der Waals surface area contributed by atoms with E-state index in [2.05, 4.69) is 20.1 Å². The lowest BCUT2D eigenvalue weighted by molar-refractivity contribution is -0.286. The van der Waals surface area contributed by atoms with Crippen molar-refractivity contribution >= 4 is 35.2 Å². The lowest BCUT2D eigenvalue weighted by Crippen LogP contribution is -2.43. The Morgan fingerprint density at radius 2 is 1.81 bits per heavy atom. The van der Waals surface area contributed by atoms with Crippen LogP contribution in [0.2, 0.25) is 0 Å². The third-order valence-electron chi connectivity index (χ3n) is 4.27. The van der Waals surface area contributed by atoms with Gasteiger partial charge in [0.15, 0.2) is 18.1 Å². The number of carbonyl (C=O) groups is 3. The van der Waals surface area contributed by atoms with Gasteiger partial charge < -0.3 is 24.8 Å². The van der Waals surface area contributed by atoms with E-state index in [-0.39, 0.29) is 17.2 Å². The lowest BCUT2D eigenvalue weighted by Gasteiger charge is -2.17. The van der Waals surface area contributed by atoms with Crippen molar-refractivity contribution < 1.29 is 37.4 Å². The van der Waals surface area contributed by atoms with E-state index < -0.39 is 36.7 Å². The summed E-state index contributed by atoms with van der Waals surface area (Å²) in [5, 5.41) is 5.03. The minimum absolute atomic E-state index is 0.155. The molecule has 0 aromatic heterocycles. The monoisotopic (exact) mass is 466 g/mol. The van der Waals surface area contributed by atoms with Gasteiger partial charge in [-0.1, -0.05) is 18.2 Å². The van der Waals surface area contributed by atoms with E-state index in [0.717, 1.165) is 6.07 Å². The highest BCUT2D eigenvalue weighted by atomic mass is 32.2. The first-order valence-electron chi connectivity index (χ1n) is 9.48. The molecule has 1 atom stereocenters. The molecule has 3 rings (SSSR count). The first-order valence-corrected chi connectivity index (χ1v) is 10.9. The summed E-state index contributed by atoms with van der Waals surface area (Å²) in [5.74, 6) is -1.69. The molecule has 170 valence electrons. The van der Waals surface area contributed by atoms with Crippen LogP contribution in [0, 0.1) is 0 Å². The Morgan fingerprint density at radius 3 is 2.53 bits per heavy atom. The molecule has 0 radical (unpaired) electrons. The minimum atomic E-state index is -3.77. The standard InChI is InChI=1S/C21H20F2N2O6S/c1-32-10-9-15(25-19(27)13-5-3-2-4-6-13)20(28)29-12-18(26)24-14-7-8-16-17(11-14)31-21(22,23)30-16/h2-8,11,15H,9-10,12H2,1H3,(H,24,26)(H,25,27)/t15-/m1/s1. The zero-order valence-electron chi connectivity index (χ0n) is 16.9. The zero-order chi connectivity index (χ0) is 23.1. The van der Waals surface area contributed by atoms with Crippen LogP contribution in [-0.4, -0.2) is 48.7 Å². The lowest BCUT2D eigenvalue weighted by atomic mass is 10.1. The third kappa shape index (κ3) is 6.33. The number of hydrogen-bond acceptors (Lipinski definition) is 7. The molecule has 11 heteroatoms. The summed E-state index contributed by atoms with van der Waals surface area (Å²) in [5.41, 5.74) is 0.544. The largest absolute Gasteiger partial charge is 0.586 e. The SMILES string of the molecule is CSCC[C@@H](NC(=O)c1ccccc1)C(=O)OCC(=O)Nc1ccc2c(c1)OC(F)(F)O2. The van der Waals surface area contributed by atoms with Crippen molar-refractivity contribution in [2.75, 3.05) is 23.9 Å². The van der Waals surface area contributed by atoms with Crippen molar-refractivity contribution in [2.24, 2.45) is 0 Å². The number of carbonyl (C=O) groups excluding carboxylic acids is 3. The van der Waals surface area contributed by atoms with Gasteiger partial charge >= 0.3 is 12.3 Å². The number of alkyl halides is 2. The highest BCUT2D eigenvalue weighted by Crippen LogP contribution is 2.42. The van der Waals surface area contributed by atoms with Gasteiger partial charge in [-0.15, -0.1) is 8.78 Å². The predicted octanol–water partition coefficient (Wildman–Crippen LogP) is 3.04. The number of nitrogens with one attached hydrogen (secondary N) is 2. The van der Waals surface area contributed by atoms with E-state index in [0.29, 0.717) is 17.7 Å². The molecular weight excluding hydrogens is 446 g/mol. The number of esters is 1. The first-order chi connectivity index (χ1) is 15.3. The number of ether oxygens (including phenoxy) is 3. The second kappa shape index (κ2) is 10.3. The number of thioether (sulfide) groups is 1. The second-order valence-corrected chi connectivity index (χ2v) is 7.64. The molecular formula is C21H20F2N2O6S. The fourth-order valence-electron chi connectivity index (χ4n) is 2.78. The van der Waals surface area contributed by atoms with Gasteiger partial charge in [0.1, 0.15) is 6.04 Å². The summed E-state index contributed by atoms with van der Waals surface area (Å²) in [6, 6.07) is 11.2. The first kappa shape index (κ1) is 23.3. The fourth-order valence-corrected chi connectivity index (χ4v) is 3.25. The highest BCUT2D eigenvalue weighted by Gasteiger charge is 2.43. The molecule has 0 unspecified atom stereocenters. The Balaban J connectivity index is 1.54. The Labute approximate surface area is 186 Å². The summed E-state index contributed by atoms with van der Waals surface area (Å²) in [7, 11) is 0. The average molecular weight is 466 g/mol. The highest BCUT2D eigenvalue weighted by molar-refractivity contribution is 7.98. The van der Waals surface area contributed by atoms with Gasteiger partial charge in [0, 0.05) is 17.3 Å². The molecule has 1 heterocycles. The van der Waals surface area contributed by atoms with E-state index in [9.17, 15) is 23.2 Å². The van der Waals surface area contributed by atoms with Crippen molar-refractivity contribution in [3.8, 4) is 11.5 Å². The summed E-state index contributed by atoms with van der Waals surface area (Å²) in [6.07, 6.45) is -1.59. The molecule has 0 bridgehead atoms. The van der Waals surface area contributed by atoms with Crippen molar-refractivity contribution in [1.29, 1.82) is 0 Å². The normalized spacial score (nSPS) is 14.3. The molecule has 2 aromatic rings. The van der Waals surface area contributed by atoms with Crippen LogP contribution in [0.4, 0.5) is 14.5 Å². The minimum Gasteiger partial charge on any atom is -0.454 e. The number of fused-ring (bicyclic) bond motifs is 1. The number of hydrogen-bond donors (Lipinski definition) is 2. The van der Waals surface area contributed by atoms with E-state index in [1.54, 1.807) is 30.3 Å². The van der Waals surface area contributed by atoms with Crippen LogP contribution in [0.1, 0.15) is 16.8 Å². The number of anilines is 1. The molecule has 2 N–H and O–H groups in total. The summed E-state index contributed by atoms with van der Waals surface area (Å²) in [4.78, 5) is 36.9. The van der Waals surface area contributed by atoms with E-state index in [4.69, 9.17) is 4.74 Å². The molecule has 0 saturated heterocycles. The molecule has 0 fully saturated rings. The van der Waals surface area contributed by atoms with Gasteiger partial charge in [-0.3, -0.25) is 9.59 Å². The van der Waals surface area contributed by atoms with Gasteiger partial charge in [-0.25, -0.2) is 4.79 Å². The Kier molecular flexibility index (Phi) is 7.52. The molecule has 0 spiro atoms. The van der Waals surface area contributed by atoms with Gasteiger partial charge in [0.05, 0.1) is 0 Å². The molecule has 1 aliphatic rings. The van der Waals surface area contributed by atoms with Crippen molar-refractivity contribution in [3.63, 3.8) is 0 Å². The summed E-state index contributed by atoms with van der Waals surface area (Å²) >= 11 is 1.49. The molecule has 2 amide bonds. The number of rotatable bonds is 9. The number of benzene rings is 2. The Hall–Kier alpha value is -3.34. The van der Waals surface area contributed by atoms with Crippen LogP contribution in [-0.2, 0) is 14.3 Å². The molecule has 8 nitrogen and oxygen atoms in total. The number of amides is 2. The molecule has 32 heavy (non-hydrogen) atoms. The van der Waals surface area contributed by atoms with Crippen LogP contribution < -0.4 is 20.1 Å². The molecule has 0 saturated carbocycles. The van der Waals surface area contributed by atoms with E-state index in [1.165, 1.54) is 23.9 Å². The smallest absolute Gasteiger partial charge is 0.454 e. The maximum atomic E-state index is 13.1. The van der Waals surface area contributed by atoms with Crippen molar-refractivity contribution in [3.05, 3.63) is 54.1 Å². The van der Waals surface area contributed by atoms with Gasteiger partial charge in [0.2, 0.25) is 0 Å². The molecule has 2 aromatic carbocycles. The van der Waals surface area contributed by atoms with Gasteiger partial charge in [-0.2, -0.15) is 11.8 Å². The van der Waals surface area contributed by atoms with Crippen LogP contribution in [0.25, 0.3) is 0 Å². The summed E-state index contributed by atoms with van der Waals surface area (Å²) < 4.78 is 39.8. The summed E-state index contributed by atoms with van der Waals surface area (Å²) in [6.45, 7) is -0.625. The fraction of sp³-hybridized carbons (Fsp3) is 0.286. The Morgan fingerprint density at radius 1 is 1.09 bits per heavy atom. The van der Waals surface area contributed by atoms with Crippen molar-refractivity contribution in [2.45, 2.75) is 18.8 Å². The maximum absolute atomic E-state index is 13.1.